The number of nitriles is 2. The number of hydrogen-bond donors (Lipinski definition) is 3. The molecule has 0 saturated carbocycles. The van der Waals surface area contributed by atoms with Gasteiger partial charge in [0.2, 0.25) is 0 Å². The van der Waals surface area contributed by atoms with Crippen molar-refractivity contribution in [1.29, 1.82) is 10.5 Å². The summed E-state index contributed by atoms with van der Waals surface area (Å²) in [5, 5.41) is 25.9. The molecule has 2 aromatic carbocycles. The molecule has 9 nitrogen and oxygen atoms in total. The second kappa shape index (κ2) is 12.4. The maximum absolute atomic E-state index is 12.4. The maximum atomic E-state index is 12.4. The lowest BCUT2D eigenvalue weighted by molar-refractivity contribution is 0.0958. The molecular weight excluding hydrogens is 422 g/mol. The number of alkyl carbamates (subject to hydrolysis) is 1. The standard InChI is InChI=1S/C24H25N5O4/c1-4-20(11-12-25)33-24(31)29-21(5-2)16-7-6-8-18(13-16)27-23(30)28-19-10-9-17(15-26)22(14-19)32-3/h5-10,13-14,20-21H,2,4,11H2,1,3H3,(H,29,31)(H2,27,28,30)/t20-,21+/m1/s1. The smallest absolute Gasteiger partial charge is 0.408 e. The lowest BCUT2D eigenvalue weighted by Crippen LogP contribution is -2.31. The summed E-state index contributed by atoms with van der Waals surface area (Å²) in [7, 11) is 1.44. The Morgan fingerprint density at radius 1 is 1.15 bits per heavy atom. The van der Waals surface area contributed by atoms with Crippen molar-refractivity contribution in [3.63, 3.8) is 0 Å². The highest BCUT2D eigenvalue weighted by Crippen LogP contribution is 2.23. The molecule has 170 valence electrons. The van der Waals surface area contributed by atoms with Crippen LogP contribution in [0.5, 0.6) is 5.75 Å². The van der Waals surface area contributed by atoms with E-state index in [1.165, 1.54) is 13.2 Å². The third-order valence-electron chi connectivity index (χ3n) is 4.64. The molecule has 0 radical (unpaired) electrons. The van der Waals surface area contributed by atoms with E-state index < -0.39 is 24.3 Å². The molecule has 0 aliphatic carbocycles. The van der Waals surface area contributed by atoms with Gasteiger partial charge in [-0.05, 0) is 36.2 Å². The third-order valence-corrected chi connectivity index (χ3v) is 4.64. The minimum absolute atomic E-state index is 0.113. The minimum Gasteiger partial charge on any atom is -0.495 e. The molecule has 33 heavy (non-hydrogen) atoms. The van der Waals surface area contributed by atoms with Crippen molar-refractivity contribution in [2.75, 3.05) is 17.7 Å². The van der Waals surface area contributed by atoms with E-state index in [2.05, 4.69) is 22.5 Å². The normalized spacial score (nSPS) is 11.6. The van der Waals surface area contributed by atoms with Gasteiger partial charge in [0.1, 0.15) is 17.9 Å². The summed E-state index contributed by atoms with van der Waals surface area (Å²) in [6.45, 7) is 5.57. The first-order valence-electron chi connectivity index (χ1n) is 10.2. The van der Waals surface area contributed by atoms with E-state index >= 15 is 0 Å². The van der Waals surface area contributed by atoms with Gasteiger partial charge in [-0.2, -0.15) is 10.5 Å². The largest absolute Gasteiger partial charge is 0.495 e. The van der Waals surface area contributed by atoms with Crippen LogP contribution >= 0.6 is 0 Å². The van der Waals surface area contributed by atoms with Crippen LogP contribution < -0.4 is 20.7 Å². The van der Waals surface area contributed by atoms with Crippen molar-refractivity contribution in [2.24, 2.45) is 0 Å². The van der Waals surface area contributed by atoms with Crippen molar-refractivity contribution in [1.82, 2.24) is 5.32 Å². The van der Waals surface area contributed by atoms with Gasteiger partial charge in [0, 0.05) is 17.4 Å². The zero-order valence-electron chi connectivity index (χ0n) is 18.4. The summed E-state index contributed by atoms with van der Waals surface area (Å²) in [5.74, 6) is 0.351. The molecule has 2 aromatic rings. The van der Waals surface area contributed by atoms with E-state index in [0.29, 0.717) is 34.7 Å². The van der Waals surface area contributed by atoms with Gasteiger partial charge >= 0.3 is 12.1 Å². The summed E-state index contributed by atoms with van der Waals surface area (Å²) in [6, 6.07) is 14.5. The van der Waals surface area contributed by atoms with E-state index in [0.717, 1.165) is 0 Å². The summed E-state index contributed by atoms with van der Waals surface area (Å²) >= 11 is 0. The van der Waals surface area contributed by atoms with Gasteiger partial charge in [0.05, 0.1) is 31.2 Å². The van der Waals surface area contributed by atoms with Crippen molar-refractivity contribution < 1.29 is 19.1 Å². The van der Waals surface area contributed by atoms with Crippen LogP contribution in [-0.4, -0.2) is 25.3 Å². The molecule has 0 unspecified atom stereocenters. The number of benzene rings is 2. The Bertz CT molecular complexity index is 1090. The Kier molecular flexibility index (Phi) is 9.29. The summed E-state index contributed by atoms with van der Waals surface area (Å²) in [5.41, 5.74) is 1.97. The lowest BCUT2D eigenvalue weighted by Gasteiger charge is -2.19. The van der Waals surface area contributed by atoms with Gasteiger partial charge in [0.15, 0.2) is 0 Å². The molecule has 0 saturated heterocycles. The lowest BCUT2D eigenvalue weighted by atomic mass is 10.1. The second-order valence-electron chi connectivity index (χ2n) is 6.89. The first-order valence-corrected chi connectivity index (χ1v) is 10.2. The molecule has 3 amide bonds. The number of amides is 3. The monoisotopic (exact) mass is 447 g/mol. The van der Waals surface area contributed by atoms with Crippen molar-refractivity contribution in [3.8, 4) is 17.9 Å². The number of anilines is 2. The van der Waals surface area contributed by atoms with Crippen LogP contribution in [0.15, 0.2) is 55.1 Å². The molecular formula is C24H25N5O4. The van der Waals surface area contributed by atoms with Crippen molar-refractivity contribution in [2.45, 2.75) is 31.9 Å². The third kappa shape index (κ3) is 7.30. The predicted octanol–water partition coefficient (Wildman–Crippen LogP) is 4.86. The predicted molar refractivity (Wildman–Crippen MR) is 124 cm³/mol. The number of hydrogen-bond acceptors (Lipinski definition) is 6. The summed E-state index contributed by atoms with van der Waals surface area (Å²) in [4.78, 5) is 24.6. The average Bonchev–Trinajstić information content (AvgIpc) is 2.82. The molecule has 0 heterocycles. The van der Waals surface area contributed by atoms with E-state index in [4.69, 9.17) is 20.0 Å². The van der Waals surface area contributed by atoms with Gasteiger partial charge in [-0.15, -0.1) is 6.58 Å². The molecule has 9 heteroatoms. The maximum Gasteiger partial charge on any atom is 0.408 e. The van der Waals surface area contributed by atoms with Gasteiger partial charge in [-0.3, -0.25) is 0 Å². The minimum atomic E-state index is -0.659. The molecule has 2 atom stereocenters. The fourth-order valence-corrected chi connectivity index (χ4v) is 2.93. The van der Waals surface area contributed by atoms with Gasteiger partial charge in [-0.1, -0.05) is 25.1 Å². The Labute approximate surface area is 192 Å². The first-order chi connectivity index (χ1) is 15.9. The number of carbonyl (C=O) groups excluding carboxylic acids is 2. The number of nitrogens with zero attached hydrogens (tertiary/aromatic N) is 2. The molecule has 0 fully saturated rings. The zero-order chi connectivity index (χ0) is 24.2. The Balaban J connectivity index is 2.05. The number of methoxy groups -OCH3 is 1. The molecule has 0 bridgehead atoms. The molecule has 3 N–H and O–H groups in total. The number of nitrogens with one attached hydrogen (secondary N) is 3. The highest BCUT2D eigenvalue weighted by atomic mass is 16.6. The van der Waals surface area contributed by atoms with Crippen LogP contribution in [0.25, 0.3) is 0 Å². The van der Waals surface area contributed by atoms with Crippen LogP contribution in [0.3, 0.4) is 0 Å². The molecule has 0 aliphatic heterocycles. The number of urea groups is 1. The Morgan fingerprint density at radius 2 is 1.88 bits per heavy atom. The van der Waals surface area contributed by atoms with Gasteiger partial charge in [0.25, 0.3) is 0 Å². The molecule has 2 rings (SSSR count). The van der Waals surface area contributed by atoms with Crippen LogP contribution in [0.4, 0.5) is 21.0 Å². The fraction of sp³-hybridized carbons (Fsp3) is 0.250. The van der Waals surface area contributed by atoms with Crippen molar-refractivity contribution >= 4 is 23.5 Å². The van der Waals surface area contributed by atoms with Gasteiger partial charge < -0.3 is 25.4 Å². The number of carbonyl (C=O) groups is 2. The van der Waals surface area contributed by atoms with E-state index in [-0.39, 0.29) is 6.42 Å². The van der Waals surface area contributed by atoms with E-state index in [9.17, 15) is 9.59 Å². The molecule has 0 aliphatic rings. The quantitative estimate of drug-likeness (QED) is 0.470. The average molecular weight is 447 g/mol. The number of rotatable bonds is 9. The Morgan fingerprint density at radius 3 is 2.48 bits per heavy atom. The molecule has 0 spiro atoms. The van der Waals surface area contributed by atoms with Crippen molar-refractivity contribution in [3.05, 3.63) is 66.2 Å². The van der Waals surface area contributed by atoms with E-state index in [1.54, 1.807) is 42.5 Å². The van der Waals surface area contributed by atoms with Crippen LogP contribution in [-0.2, 0) is 4.74 Å². The molecule has 0 aromatic heterocycles. The van der Waals surface area contributed by atoms with Crippen LogP contribution in [0.2, 0.25) is 0 Å². The highest BCUT2D eigenvalue weighted by molar-refractivity contribution is 6.00. The van der Waals surface area contributed by atoms with Crippen LogP contribution in [0, 0.1) is 22.7 Å². The second-order valence-corrected chi connectivity index (χ2v) is 6.89. The first kappa shape index (κ1) is 24.8. The fourth-order valence-electron chi connectivity index (χ4n) is 2.93. The summed E-state index contributed by atoms with van der Waals surface area (Å²) in [6.07, 6.45) is 1.03. The highest BCUT2D eigenvalue weighted by Gasteiger charge is 2.17. The SMILES string of the molecule is C=C[C@H](NC(=O)O[C@H](CC)CC#N)c1cccc(NC(=O)Nc2ccc(C#N)c(OC)c2)c1. The topological polar surface area (TPSA) is 136 Å². The van der Waals surface area contributed by atoms with Crippen LogP contribution in [0.1, 0.15) is 36.9 Å². The zero-order valence-corrected chi connectivity index (χ0v) is 18.4. The number of ether oxygens (including phenoxy) is 2. The van der Waals surface area contributed by atoms with E-state index in [1.807, 2.05) is 19.1 Å². The van der Waals surface area contributed by atoms with Gasteiger partial charge in [-0.25, -0.2) is 9.59 Å². The Hall–Kier alpha value is -4.50. The summed E-state index contributed by atoms with van der Waals surface area (Å²) < 4.78 is 10.4.